The number of ether oxygens (including phenoxy) is 1. The van der Waals surface area contributed by atoms with Crippen molar-refractivity contribution in [3.63, 3.8) is 0 Å². The number of carboxylic acids is 1. The van der Waals surface area contributed by atoms with Crippen molar-refractivity contribution in [1.82, 2.24) is 9.80 Å². The smallest absolute Gasteiger partial charge is 0.323 e. The first-order chi connectivity index (χ1) is 8.47. The van der Waals surface area contributed by atoms with E-state index in [9.17, 15) is 14.7 Å². The molecule has 18 heavy (non-hydrogen) atoms. The summed E-state index contributed by atoms with van der Waals surface area (Å²) in [5, 5.41) is 18.0. The fourth-order valence-corrected chi connectivity index (χ4v) is 1.84. The molecular weight excluding hydrogens is 240 g/mol. The third kappa shape index (κ3) is 3.58. The van der Waals surface area contributed by atoms with E-state index in [4.69, 9.17) is 9.84 Å². The number of rotatable bonds is 4. The maximum atomic E-state index is 12.3. The molecule has 0 radical (unpaired) electrons. The zero-order valence-electron chi connectivity index (χ0n) is 10.7. The first kappa shape index (κ1) is 14.7. The Labute approximate surface area is 106 Å². The number of carbonyl (C=O) groups excluding carboxylic acids is 1. The Morgan fingerprint density at radius 1 is 1.50 bits per heavy atom. The maximum absolute atomic E-state index is 12.3. The second-order valence-electron chi connectivity index (χ2n) is 4.50. The van der Waals surface area contributed by atoms with Crippen LogP contribution >= 0.6 is 0 Å². The van der Waals surface area contributed by atoms with Gasteiger partial charge in [-0.15, -0.1) is 0 Å². The van der Waals surface area contributed by atoms with Crippen molar-refractivity contribution >= 4 is 12.0 Å². The summed E-state index contributed by atoms with van der Waals surface area (Å²) >= 11 is 0. The highest BCUT2D eigenvalue weighted by Crippen LogP contribution is 2.12. The molecule has 0 aromatic heterocycles. The number of amides is 2. The van der Waals surface area contributed by atoms with Crippen LogP contribution in [0.2, 0.25) is 0 Å². The van der Waals surface area contributed by atoms with Crippen molar-refractivity contribution in [3.05, 3.63) is 0 Å². The quantitative estimate of drug-likeness (QED) is 0.717. The molecule has 1 fully saturated rings. The van der Waals surface area contributed by atoms with Crippen molar-refractivity contribution < 1.29 is 24.5 Å². The van der Waals surface area contributed by atoms with Crippen LogP contribution in [-0.4, -0.2) is 77.0 Å². The van der Waals surface area contributed by atoms with Gasteiger partial charge in [0.2, 0.25) is 0 Å². The summed E-state index contributed by atoms with van der Waals surface area (Å²) in [6, 6.07) is -0.980. The minimum atomic E-state index is -1.05. The van der Waals surface area contributed by atoms with Gasteiger partial charge in [0.1, 0.15) is 6.54 Å². The monoisotopic (exact) mass is 260 g/mol. The minimum absolute atomic E-state index is 0.190. The van der Waals surface area contributed by atoms with Crippen molar-refractivity contribution in [2.45, 2.75) is 25.9 Å². The van der Waals surface area contributed by atoms with E-state index in [1.54, 1.807) is 13.8 Å². The molecule has 0 spiro atoms. The Balaban J connectivity index is 2.77. The molecule has 1 aliphatic rings. The second kappa shape index (κ2) is 6.55. The molecule has 1 heterocycles. The van der Waals surface area contributed by atoms with E-state index in [1.807, 2.05) is 0 Å². The summed E-state index contributed by atoms with van der Waals surface area (Å²) in [6.45, 7) is 4.04. The van der Waals surface area contributed by atoms with Gasteiger partial charge in [0.05, 0.1) is 25.9 Å². The molecule has 2 amide bonds. The standard InChI is InChI=1S/C11H20N2O5/c1-8(2)13(5-10(15)16)11(17)12-3-4-18-7-9(12)6-14/h8-9,14H,3-7H2,1-2H3,(H,15,16). The van der Waals surface area contributed by atoms with Gasteiger partial charge >= 0.3 is 12.0 Å². The van der Waals surface area contributed by atoms with Crippen LogP contribution in [0.4, 0.5) is 4.79 Å². The highest BCUT2D eigenvalue weighted by Gasteiger charge is 2.31. The van der Waals surface area contributed by atoms with Crippen LogP contribution in [-0.2, 0) is 9.53 Å². The molecule has 7 heteroatoms. The fraction of sp³-hybridized carbons (Fsp3) is 0.818. The molecule has 1 rings (SSSR count). The molecule has 0 aliphatic carbocycles. The van der Waals surface area contributed by atoms with Crippen LogP contribution in [0.3, 0.4) is 0 Å². The van der Waals surface area contributed by atoms with Crippen LogP contribution in [0.5, 0.6) is 0 Å². The summed E-state index contributed by atoms with van der Waals surface area (Å²) in [7, 11) is 0. The number of aliphatic hydroxyl groups is 1. The molecule has 1 saturated heterocycles. The van der Waals surface area contributed by atoms with Crippen molar-refractivity contribution in [2.75, 3.05) is 32.9 Å². The predicted molar refractivity (Wildman–Crippen MR) is 63.3 cm³/mol. The van der Waals surface area contributed by atoms with Gasteiger partial charge in [-0.1, -0.05) is 0 Å². The Bertz CT molecular complexity index is 308. The van der Waals surface area contributed by atoms with Gasteiger partial charge in [0.15, 0.2) is 0 Å². The minimum Gasteiger partial charge on any atom is -0.480 e. The van der Waals surface area contributed by atoms with E-state index < -0.39 is 12.0 Å². The van der Waals surface area contributed by atoms with E-state index in [1.165, 1.54) is 9.80 Å². The van der Waals surface area contributed by atoms with Gasteiger partial charge in [-0.25, -0.2) is 4.79 Å². The zero-order chi connectivity index (χ0) is 13.7. The van der Waals surface area contributed by atoms with E-state index in [0.29, 0.717) is 13.2 Å². The Hall–Kier alpha value is -1.34. The Kier molecular flexibility index (Phi) is 5.36. The molecule has 0 saturated carbocycles. The lowest BCUT2D eigenvalue weighted by Gasteiger charge is -2.38. The third-order valence-electron chi connectivity index (χ3n) is 2.86. The van der Waals surface area contributed by atoms with Crippen LogP contribution < -0.4 is 0 Å². The maximum Gasteiger partial charge on any atom is 0.323 e. The molecular formula is C11H20N2O5. The summed E-state index contributed by atoms with van der Waals surface area (Å²) in [5.74, 6) is -1.05. The number of carbonyl (C=O) groups is 2. The number of urea groups is 1. The van der Waals surface area contributed by atoms with Gasteiger partial charge < -0.3 is 24.7 Å². The average Bonchev–Trinajstić information content (AvgIpc) is 2.34. The van der Waals surface area contributed by atoms with Gasteiger partial charge in [0.25, 0.3) is 0 Å². The van der Waals surface area contributed by atoms with E-state index in [-0.39, 0.29) is 31.8 Å². The lowest BCUT2D eigenvalue weighted by Crippen LogP contribution is -2.57. The molecule has 7 nitrogen and oxygen atoms in total. The normalized spacial score (nSPS) is 20.0. The number of morpholine rings is 1. The van der Waals surface area contributed by atoms with E-state index in [0.717, 1.165) is 0 Å². The summed E-state index contributed by atoms with van der Waals surface area (Å²) in [6.07, 6.45) is 0. The van der Waals surface area contributed by atoms with Gasteiger partial charge in [0, 0.05) is 12.6 Å². The van der Waals surface area contributed by atoms with Gasteiger partial charge in [-0.05, 0) is 13.8 Å². The second-order valence-corrected chi connectivity index (χ2v) is 4.50. The van der Waals surface area contributed by atoms with Gasteiger partial charge in [-0.3, -0.25) is 4.79 Å². The van der Waals surface area contributed by atoms with Crippen LogP contribution in [0, 0.1) is 0 Å². The molecule has 1 atom stereocenters. The highest BCUT2D eigenvalue weighted by molar-refractivity contribution is 5.80. The predicted octanol–water partition coefficient (Wildman–Crippen LogP) is -0.405. The lowest BCUT2D eigenvalue weighted by molar-refractivity contribution is -0.138. The SMILES string of the molecule is CC(C)N(CC(=O)O)C(=O)N1CCOCC1CO. The molecule has 0 bridgehead atoms. The lowest BCUT2D eigenvalue weighted by atomic mass is 10.2. The Morgan fingerprint density at radius 2 is 2.17 bits per heavy atom. The van der Waals surface area contributed by atoms with Crippen LogP contribution in [0.1, 0.15) is 13.8 Å². The number of carboxylic acid groups (broad SMARTS) is 1. The van der Waals surface area contributed by atoms with Crippen LogP contribution in [0.25, 0.3) is 0 Å². The van der Waals surface area contributed by atoms with Crippen molar-refractivity contribution in [2.24, 2.45) is 0 Å². The highest BCUT2D eigenvalue weighted by atomic mass is 16.5. The summed E-state index contributed by atoms with van der Waals surface area (Å²) in [4.78, 5) is 25.8. The first-order valence-corrected chi connectivity index (χ1v) is 5.95. The number of nitrogens with zero attached hydrogens (tertiary/aromatic N) is 2. The first-order valence-electron chi connectivity index (χ1n) is 5.95. The van der Waals surface area contributed by atoms with Gasteiger partial charge in [-0.2, -0.15) is 0 Å². The average molecular weight is 260 g/mol. The molecule has 1 unspecified atom stereocenters. The van der Waals surface area contributed by atoms with E-state index in [2.05, 4.69) is 0 Å². The number of hydrogen-bond donors (Lipinski definition) is 2. The zero-order valence-corrected chi connectivity index (χ0v) is 10.7. The largest absolute Gasteiger partial charge is 0.480 e. The molecule has 2 N–H and O–H groups in total. The number of aliphatic carboxylic acids is 1. The number of hydrogen-bond acceptors (Lipinski definition) is 4. The third-order valence-corrected chi connectivity index (χ3v) is 2.86. The van der Waals surface area contributed by atoms with Crippen LogP contribution in [0.15, 0.2) is 0 Å². The Morgan fingerprint density at radius 3 is 2.67 bits per heavy atom. The molecule has 0 aromatic rings. The van der Waals surface area contributed by atoms with Crippen molar-refractivity contribution in [3.8, 4) is 0 Å². The summed E-state index contributed by atoms with van der Waals surface area (Å²) in [5.41, 5.74) is 0. The fourth-order valence-electron chi connectivity index (χ4n) is 1.84. The topological polar surface area (TPSA) is 90.3 Å². The van der Waals surface area contributed by atoms with E-state index >= 15 is 0 Å². The summed E-state index contributed by atoms with van der Waals surface area (Å²) < 4.78 is 5.19. The molecule has 1 aliphatic heterocycles. The molecule has 104 valence electrons. The number of aliphatic hydroxyl groups excluding tert-OH is 1. The van der Waals surface area contributed by atoms with Crippen molar-refractivity contribution in [1.29, 1.82) is 0 Å². The molecule has 0 aromatic carbocycles.